The first-order chi connectivity index (χ1) is 15.1. The summed E-state index contributed by atoms with van der Waals surface area (Å²) in [5.41, 5.74) is 6.79. The standard InChI is InChI=1S/C26H24N2O3/c1-17(16-29)28-15-21-24(20-10-6-7-11-23(20)31-2)22-14-19(18-8-4-3-5-9-18)12-13-27(22)25(21)26(28)30/h3-14,17,29H,15-16H2,1-2H3. The van der Waals surface area contributed by atoms with Crippen molar-refractivity contribution >= 4 is 11.4 Å². The number of hydrogen-bond donors (Lipinski definition) is 1. The van der Waals surface area contributed by atoms with Crippen molar-refractivity contribution in [3.8, 4) is 28.0 Å². The summed E-state index contributed by atoms with van der Waals surface area (Å²) in [5.74, 6) is 0.712. The quantitative estimate of drug-likeness (QED) is 0.520. The van der Waals surface area contributed by atoms with Crippen LogP contribution in [0.5, 0.6) is 5.75 Å². The van der Waals surface area contributed by atoms with Crippen molar-refractivity contribution < 1.29 is 14.6 Å². The molecule has 156 valence electrons. The second-order valence-corrected chi connectivity index (χ2v) is 7.90. The molecule has 1 N–H and O–H groups in total. The van der Waals surface area contributed by atoms with Gasteiger partial charge >= 0.3 is 0 Å². The number of carbonyl (C=O) groups is 1. The van der Waals surface area contributed by atoms with E-state index in [9.17, 15) is 9.90 Å². The predicted octanol–water partition coefficient (Wildman–Crippen LogP) is 4.62. The molecule has 2 aromatic carbocycles. The van der Waals surface area contributed by atoms with Gasteiger partial charge in [-0.1, -0.05) is 48.5 Å². The highest BCUT2D eigenvalue weighted by Crippen LogP contribution is 2.43. The van der Waals surface area contributed by atoms with E-state index in [0.29, 0.717) is 12.2 Å². The van der Waals surface area contributed by atoms with Crippen LogP contribution in [0.15, 0.2) is 72.9 Å². The second kappa shape index (κ2) is 7.60. The molecule has 31 heavy (non-hydrogen) atoms. The molecular formula is C26H24N2O3. The highest BCUT2D eigenvalue weighted by Gasteiger charge is 2.37. The molecule has 0 radical (unpaired) electrons. The maximum Gasteiger partial charge on any atom is 0.271 e. The van der Waals surface area contributed by atoms with Crippen molar-refractivity contribution in [3.63, 3.8) is 0 Å². The van der Waals surface area contributed by atoms with E-state index in [1.54, 1.807) is 12.0 Å². The lowest BCUT2D eigenvalue weighted by Crippen LogP contribution is -2.36. The monoisotopic (exact) mass is 412 g/mol. The van der Waals surface area contributed by atoms with Gasteiger partial charge in [-0.15, -0.1) is 0 Å². The van der Waals surface area contributed by atoms with Crippen LogP contribution in [0.1, 0.15) is 23.0 Å². The molecule has 1 amide bonds. The number of methoxy groups -OCH3 is 1. The topological polar surface area (TPSA) is 54.2 Å². The van der Waals surface area contributed by atoms with Gasteiger partial charge in [0.2, 0.25) is 0 Å². The van der Waals surface area contributed by atoms with Crippen molar-refractivity contribution in [2.45, 2.75) is 19.5 Å². The van der Waals surface area contributed by atoms with Crippen molar-refractivity contribution in [1.82, 2.24) is 9.30 Å². The Morgan fingerprint density at radius 2 is 1.77 bits per heavy atom. The van der Waals surface area contributed by atoms with Crippen LogP contribution in [0.3, 0.4) is 0 Å². The average Bonchev–Trinajstić information content (AvgIpc) is 3.32. The summed E-state index contributed by atoms with van der Waals surface area (Å²) in [6, 6.07) is 22.1. The summed E-state index contributed by atoms with van der Waals surface area (Å²) >= 11 is 0. The number of amides is 1. The fourth-order valence-corrected chi connectivity index (χ4v) is 4.49. The van der Waals surface area contributed by atoms with Crippen molar-refractivity contribution in [2.75, 3.05) is 13.7 Å². The molecule has 0 fully saturated rings. The number of ether oxygens (including phenoxy) is 1. The number of pyridine rings is 1. The van der Waals surface area contributed by atoms with E-state index in [1.807, 2.05) is 66.1 Å². The molecule has 4 aromatic rings. The fourth-order valence-electron chi connectivity index (χ4n) is 4.49. The fraction of sp³-hybridized carbons (Fsp3) is 0.192. The van der Waals surface area contributed by atoms with E-state index < -0.39 is 0 Å². The molecule has 1 atom stereocenters. The number of fused-ring (bicyclic) bond motifs is 3. The lowest BCUT2D eigenvalue weighted by molar-refractivity contribution is 0.0638. The molecule has 1 unspecified atom stereocenters. The molecule has 5 heteroatoms. The van der Waals surface area contributed by atoms with Gasteiger partial charge in [0.15, 0.2) is 0 Å². The molecule has 1 aliphatic heterocycles. The number of aliphatic hydroxyl groups excluding tert-OH is 1. The van der Waals surface area contributed by atoms with Gasteiger partial charge in [-0.25, -0.2) is 0 Å². The Morgan fingerprint density at radius 3 is 2.52 bits per heavy atom. The van der Waals surface area contributed by atoms with E-state index in [4.69, 9.17) is 4.74 Å². The summed E-state index contributed by atoms with van der Waals surface area (Å²) < 4.78 is 7.65. The third-order valence-electron chi connectivity index (χ3n) is 6.11. The molecule has 5 rings (SSSR count). The van der Waals surface area contributed by atoms with Gasteiger partial charge < -0.3 is 19.1 Å². The third kappa shape index (κ3) is 3.01. The van der Waals surface area contributed by atoms with Gasteiger partial charge in [-0.2, -0.15) is 0 Å². The summed E-state index contributed by atoms with van der Waals surface area (Å²) in [6.45, 7) is 2.26. The molecule has 3 heterocycles. The minimum atomic E-state index is -0.246. The van der Waals surface area contributed by atoms with Crippen LogP contribution in [0.25, 0.3) is 27.8 Å². The Hall–Kier alpha value is -3.57. The van der Waals surface area contributed by atoms with Crippen molar-refractivity contribution in [1.29, 1.82) is 0 Å². The zero-order valence-electron chi connectivity index (χ0n) is 17.6. The molecule has 2 aromatic heterocycles. The molecule has 5 nitrogen and oxygen atoms in total. The van der Waals surface area contributed by atoms with Crippen LogP contribution in [0, 0.1) is 0 Å². The van der Waals surface area contributed by atoms with Crippen LogP contribution in [-0.2, 0) is 6.54 Å². The number of rotatable bonds is 5. The van der Waals surface area contributed by atoms with Gasteiger partial charge in [0.05, 0.1) is 25.3 Å². The predicted molar refractivity (Wildman–Crippen MR) is 121 cm³/mol. The number of nitrogens with zero attached hydrogens (tertiary/aromatic N) is 2. The minimum absolute atomic E-state index is 0.0554. The smallest absolute Gasteiger partial charge is 0.271 e. The molecule has 1 aliphatic rings. The molecule has 0 bridgehead atoms. The molecular weight excluding hydrogens is 388 g/mol. The third-order valence-corrected chi connectivity index (χ3v) is 6.11. The summed E-state index contributed by atoms with van der Waals surface area (Å²) in [7, 11) is 1.66. The van der Waals surface area contributed by atoms with Crippen molar-refractivity contribution in [3.05, 3.63) is 84.2 Å². The van der Waals surface area contributed by atoms with Gasteiger partial charge in [-0.05, 0) is 36.2 Å². The number of aromatic nitrogens is 1. The molecule has 0 spiro atoms. The normalized spacial score (nSPS) is 14.2. The Morgan fingerprint density at radius 1 is 1.03 bits per heavy atom. The maximum atomic E-state index is 13.3. The van der Waals surface area contributed by atoms with Gasteiger partial charge in [0.1, 0.15) is 11.4 Å². The Labute approximate surface area is 181 Å². The average molecular weight is 412 g/mol. The van der Waals surface area contributed by atoms with Gasteiger partial charge in [0, 0.05) is 29.4 Å². The summed E-state index contributed by atoms with van der Waals surface area (Å²) in [6.07, 6.45) is 1.97. The first-order valence-electron chi connectivity index (χ1n) is 10.4. The summed E-state index contributed by atoms with van der Waals surface area (Å²) in [5, 5.41) is 9.65. The van der Waals surface area contributed by atoms with E-state index in [2.05, 4.69) is 18.2 Å². The minimum Gasteiger partial charge on any atom is -0.496 e. The number of hydrogen-bond acceptors (Lipinski definition) is 3. The Kier molecular flexibility index (Phi) is 4.75. The van der Waals surface area contributed by atoms with E-state index >= 15 is 0 Å². The first-order valence-corrected chi connectivity index (χ1v) is 10.4. The Balaban J connectivity index is 1.80. The van der Waals surface area contributed by atoms with Crippen LogP contribution >= 0.6 is 0 Å². The highest BCUT2D eigenvalue weighted by molar-refractivity contribution is 6.05. The molecule has 0 aliphatic carbocycles. The Bertz CT molecular complexity index is 1280. The molecule has 0 saturated carbocycles. The number of benzene rings is 2. The zero-order valence-corrected chi connectivity index (χ0v) is 17.6. The maximum absolute atomic E-state index is 13.3. The number of para-hydroxylation sites is 1. The van der Waals surface area contributed by atoms with E-state index in [-0.39, 0.29) is 18.6 Å². The highest BCUT2D eigenvalue weighted by atomic mass is 16.5. The van der Waals surface area contributed by atoms with E-state index in [0.717, 1.165) is 39.1 Å². The SMILES string of the molecule is COc1ccccc1-c1c2c(n3ccc(-c4ccccc4)cc13)C(=O)N(C(C)CO)C2. The zero-order chi connectivity index (χ0) is 21.5. The summed E-state index contributed by atoms with van der Waals surface area (Å²) in [4.78, 5) is 15.1. The van der Waals surface area contributed by atoms with Gasteiger partial charge in [0.25, 0.3) is 5.91 Å². The molecule has 0 saturated heterocycles. The van der Waals surface area contributed by atoms with Crippen LogP contribution in [-0.4, -0.2) is 40.1 Å². The van der Waals surface area contributed by atoms with Crippen LogP contribution < -0.4 is 4.74 Å². The number of carbonyl (C=O) groups excluding carboxylic acids is 1. The van der Waals surface area contributed by atoms with Crippen LogP contribution in [0.2, 0.25) is 0 Å². The van der Waals surface area contributed by atoms with Crippen molar-refractivity contribution in [2.24, 2.45) is 0 Å². The number of aliphatic hydroxyl groups is 1. The second-order valence-electron chi connectivity index (χ2n) is 7.90. The first kappa shape index (κ1) is 19.4. The lowest BCUT2D eigenvalue weighted by atomic mass is 9.99. The van der Waals surface area contributed by atoms with Crippen LogP contribution in [0.4, 0.5) is 0 Å². The largest absolute Gasteiger partial charge is 0.496 e. The van der Waals surface area contributed by atoms with Gasteiger partial charge in [-0.3, -0.25) is 4.79 Å². The van der Waals surface area contributed by atoms with E-state index in [1.165, 1.54) is 0 Å². The lowest BCUT2D eigenvalue weighted by Gasteiger charge is -2.23.